The number of ketones is 1. The van der Waals surface area contributed by atoms with Crippen molar-refractivity contribution in [3.63, 3.8) is 0 Å². The standard InChI is InChI=1S/C16H15FO2/c1-12-7-8-14(17)11-16(12)19-10-9-15(18)13-5-3-2-4-6-13/h2-8,11H,9-10H2,1H3. The maximum Gasteiger partial charge on any atom is 0.166 e. The molecule has 0 bridgehead atoms. The maximum absolute atomic E-state index is 13.1. The molecule has 0 spiro atoms. The molecule has 0 aliphatic carbocycles. The lowest BCUT2D eigenvalue weighted by Gasteiger charge is -2.08. The summed E-state index contributed by atoms with van der Waals surface area (Å²) >= 11 is 0. The Morgan fingerprint density at radius 3 is 2.63 bits per heavy atom. The van der Waals surface area contributed by atoms with Gasteiger partial charge in [-0.3, -0.25) is 4.79 Å². The second kappa shape index (κ2) is 6.14. The van der Waals surface area contributed by atoms with Crippen molar-refractivity contribution in [2.24, 2.45) is 0 Å². The van der Waals surface area contributed by atoms with Gasteiger partial charge in [0, 0.05) is 18.1 Å². The van der Waals surface area contributed by atoms with Crippen molar-refractivity contribution in [3.05, 3.63) is 65.5 Å². The minimum absolute atomic E-state index is 0.0228. The highest BCUT2D eigenvalue weighted by atomic mass is 19.1. The van der Waals surface area contributed by atoms with Gasteiger partial charge in [-0.05, 0) is 18.6 Å². The van der Waals surface area contributed by atoms with Crippen molar-refractivity contribution in [2.45, 2.75) is 13.3 Å². The molecule has 0 amide bonds. The summed E-state index contributed by atoms with van der Waals surface area (Å²) < 4.78 is 18.5. The third kappa shape index (κ3) is 3.65. The fourth-order valence-electron chi connectivity index (χ4n) is 1.75. The summed E-state index contributed by atoms with van der Waals surface area (Å²) in [4.78, 5) is 11.8. The molecule has 0 fully saturated rings. The smallest absolute Gasteiger partial charge is 0.166 e. The van der Waals surface area contributed by atoms with Gasteiger partial charge < -0.3 is 4.74 Å². The molecule has 0 heterocycles. The lowest BCUT2D eigenvalue weighted by atomic mass is 10.1. The SMILES string of the molecule is Cc1ccc(F)cc1OCCC(=O)c1ccccc1. The van der Waals surface area contributed by atoms with Crippen molar-refractivity contribution >= 4 is 5.78 Å². The Balaban J connectivity index is 1.90. The zero-order valence-electron chi connectivity index (χ0n) is 10.7. The first kappa shape index (κ1) is 13.3. The van der Waals surface area contributed by atoms with Crippen LogP contribution in [-0.4, -0.2) is 12.4 Å². The Hall–Kier alpha value is -2.16. The normalized spacial score (nSPS) is 10.2. The molecule has 2 rings (SSSR count). The molecule has 98 valence electrons. The lowest BCUT2D eigenvalue weighted by molar-refractivity contribution is 0.0962. The predicted octanol–water partition coefficient (Wildman–Crippen LogP) is 3.79. The lowest BCUT2D eigenvalue weighted by Crippen LogP contribution is -2.07. The largest absolute Gasteiger partial charge is 0.493 e. The summed E-state index contributed by atoms with van der Waals surface area (Å²) in [5, 5.41) is 0. The molecule has 0 aromatic heterocycles. The molecule has 19 heavy (non-hydrogen) atoms. The molecular weight excluding hydrogens is 243 g/mol. The van der Waals surface area contributed by atoms with Crippen LogP contribution in [0.4, 0.5) is 4.39 Å². The minimum atomic E-state index is -0.338. The van der Waals surface area contributed by atoms with Gasteiger partial charge in [-0.15, -0.1) is 0 Å². The molecule has 0 radical (unpaired) electrons. The number of Topliss-reactive ketones (excluding diaryl/α,β-unsaturated/α-hetero) is 1. The quantitative estimate of drug-likeness (QED) is 0.763. The average Bonchev–Trinajstić information content (AvgIpc) is 2.43. The predicted molar refractivity (Wildman–Crippen MR) is 72.0 cm³/mol. The third-order valence-corrected chi connectivity index (χ3v) is 2.83. The van der Waals surface area contributed by atoms with Crippen LogP contribution in [0.2, 0.25) is 0 Å². The Morgan fingerprint density at radius 1 is 1.16 bits per heavy atom. The van der Waals surface area contributed by atoms with Crippen LogP contribution in [0, 0.1) is 12.7 Å². The van der Waals surface area contributed by atoms with Crippen molar-refractivity contribution < 1.29 is 13.9 Å². The van der Waals surface area contributed by atoms with Crippen LogP contribution in [0.15, 0.2) is 48.5 Å². The van der Waals surface area contributed by atoms with E-state index in [1.165, 1.54) is 12.1 Å². The van der Waals surface area contributed by atoms with E-state index in [4.69, 9.17) is 4.74 Å². The highest BCUT2D eigenvalue weighted by molar-refractivity contribution is 5.96. The van der Waals surface area contributed by atoms with Crippen molar-refractivity contribution in [3.8, 4) is 5.75 Å². The second-order valence-electron chi connectivity index (χ2n) is 4.30. The molecule has 0 saturated heterocycles. The summed E-state index contributed by atoms with van der Waals surface area (Å²) in [5.74, 6) is 0.172. The van der Waals surface area contributed by atoms with E-state index in [2.05, 4.69) is 0 Å². The van der Waals surface area contributed by atoms with Crippen LogP contribution in [-0.2, 0) is 0 Å². The summed E-state index contributed by atoms with van der Waals surface area (Å²) in [5.41, 5.74) is 1.52. The number of carbonyl (C=O) groups excluding carboxylic acids is 1. The van der Waals surface area contributed by atoms with E-state index in [1.807, 2.05) is 25.1 Å². The zero-order chi connectivity index (χ0) is 13.7. The van der Waals surface area contributed by atoms with E-state index in [0.29, 0.717) is 11.3 Å². The Labute approximate surface area is 111 Å². The molecule has 0 N–H and O–H groups in total. The number of carbonyl (C=O) groups is 1. The molecule has 0 unspecified atom stereocenters. The summed E-state index contributed by atoms with van der Waals surface area (Å²) in [6.07, 6.45) is 0.278. The van der Waals surface area contributed by atoms with Gasteiger partial charge in [-0.2, -0.15) is 0 Å². The number of rotatable bonds is 5. The highest BCUT2D eigenvalue weighted by Gasteiger charge is 2.06. The third-order valence-electron chi connectivity index (χ3n) is 2.83. The number of hydrogen-bond donors (Lipinski definition) is 0. The maximum atomic E-state index is 13.1. The van der Waals surface area contributed by atoms with Gasteiger partial charge in [0.05, 0.1) is 6.61 Å². The van der Waals surface area contributed by atoms with Gasteiger partial charge in [0.1, 0.15) is 11.6 Å². The van der Waals surface area contributed by atoms with E-state index in [1.54, 1.807) is 18.2 Å². The molecule has 0 atom stereocenters. The van der Waals surface area contributed by atoms with Crippen LogP contribution in [0.3, 0.4) is 0 Å². The fraction of sp³-hybridized carbons (Fsp3) is 0.188. The molecule has 2 nitrogen and oxygen atoms in total. The van der Waals surface area contributed by atoms with Gasteiger partial charge >= 0.3 is 0 Å². The monoisotopic (exact) mass is 258 g/mol. The van der Waals surface area contributed by atoms with Gasteiger partial charge in [0.15, 0.2) is 5.78 Å². The average molecular weight is 258 g/mol. The minimum Gasteiger partial charge on any atom is -0.493 e. The van der Waals surface area contributed by atoms with Crippen LogP contribution in [0.1, 0.15) is 22.3 Å². The van der Waals surface area contributed by atoms with Gasteiger partial charge in [-0.1, -0.05) is 36.4 Å². The molecule has 0 saturated carbocycles. The summed E-state index contributed by atoms with van der Waals surface area (Å²) in [7, 11) is 0. The highest BCUT2D eigenvalue weighted by Crippen LogP contribution is 2.19. The first-order valence-electron chi connectivity index (χ1n) is 6.14. The first-order valence-corrected chi connectivity index (χ1v) is 6.14. The number of halogens is 1. The van der Waals surface area contributed by atoms with Crippen LogP contribution >= 0.6 is 0 Å². The van der Waals surface area contributed by atoms with Gasteiger partial charge in [0.2, 0.25) is 0 Å². The molecular formula is C16H15FO2. The van der Waals surface area contributed by atoms with Crippen molar-refractivity contribution in [2.75, 3.05) is 6.61 Å². The van der Waals surface area contributed by atoms with E-state index in [9.17, 15) is 9.18 Å². The van der Waals surface area contributed by atoms with Crippen LogP contribution < -0.4 is 4.74 Å². The number of hydrogen-bond acceptors (Lipinski definition) is 2. The number of ether oxygens (including phenoxy) is 1. The second-order valence-corrected chi connectivity index (χ2v) is 4.30. The fourth-order valence-corrected chi connectivity index (χ4v) is 1.75. The molecule has 0 aliphatic rings. The summed E-state index contributed by atoms with van der Waals surface area (Å²) in [6.45, 7) is 2.09. The molecule has 3 heteroatoms. The number of benzene rings is 2. The van der Waals surface area contributed by atoms with Crippen molar-refractivity contribution in [1.29, 1.82) is 0 Å². The van der Waals surface area contributed by atoms with Gasteiger partial charge in [-0.25, -0.2) is 4.39 Å². The molecule has 2 aromatic rings. The topological polar surface area (TPSA) is 26.3 Å². The first-order chi connectivity index (χ1) is 9.16. The van der Waals surface area contributed by atoms with Crippen LogP contribution in [0.5, 0.6) is 5.75 Å². The van der Waals surface area contributed by atoms with Crippen molar-refractivity contribution in [1.82, 2.24) is 0 Å². The number of aryl methyl sites for hydroxylation is 1. The van der Waals surface area contributed by atoms with Gasteiger partial charge in [0.25, 0.3) is 0 Å². The Morgan fingerprint density at radius 2 is 1.89 bits per heavy atom. The molecule has 2 aromatic carbocycles. The van der Waals surface area contributed by atoms with E-state index in [-0.39, 0.29) is 24.6 Å². The zero-order valence-corrected chi connectivity index (χ0v) is 10.7. The van der Waals surface area contributed by atoms with E-state index < -0.39 is 0 Å². The van der Waals surface area contributed by atoms with E-state index in [0.717, 1.165) is 5.56 Å². The Kier molecular flexibility index (Phi) is 4.29. The Bertz CT molecular complexity index is 564. The molecule has 0 aliphatic heterocycles. The van der Waals surface area contributed by atoms with Crippen LogP contribution in [0.25, 0.3) is 0 Å². The van der Waals surface area contributed by atoms with E-state index >= 15 is 0 Å². The summed E-state index contributed by atoms with van der Waals surface area (Å²) in [6, 6.07) is 13.4.